The fraction of sp³-hybridized carbons (Fsp3) is 0.462. The van der Waals surface area contributed by atoms with Crippen LogP contribution in [0.1, 0.15) is 30.9 Å². The van der Waals surface area contributed by atoms with E-state index in [1.807, 2.05) is 6.92 Å². The van der Waals surface area contributed by atoms with E-state index < -0.39 is 11.9 Å². The molecular weight excluding hydrogens is 256 g/mol. The summed E-state index contributed by atoms with van der Waals surface area (Å²) >= 11 is 6.25. The number of aliphatic carboxylic acids is 1. The molecule has 1 aromatic rings. The predicted octanol–water partition coefficient (Wildman–Crippen LogP) is 3.11. The first-order chi connectivity index (χ1) is 8.47. The van der Waals surface area contributed by atoms with Crippen molar-refractivity contribution in [3.05, 3.63) is 22.2 Å². The van der Waals surface area contributed by atoms with Crippen molar-refractivity contribution < 1.29 is 19.4 Å². The third-order valence-electron chi connectivity index (χ3n) is 2.94. The molecule has 0 aliphatic rings. The quantitative estimate of drug-likeness (QED) is 0.895. The molecule has 0 heterocycles. The molecule has 0 radical (unpaired) electrons. The van der Waals surface area contributed by atoms with Crippen LogP contribution in [0.4, 0.5) is 0 Å². The van der Waals surface area contributed by atoms with Gasteiger partial charge in [-0.1, -0.05) is 18.5 Å². The van der Waals surface area contributed by atoms with Gasteiger partial charge in [-0.2, -0.15) is 0 Å². The van der Waals surface area contributed by atoms with Crippen LogP contribution in [0.3, 0.4) is 0 Å². The molecule has 0 aromatic heterocycles. The van der Waals surface area contributed by atoms with E-state index in [9.17, 15) is 4.79 Å². The number of halogens is 1. The van der Waals surface area contributed by atoms with E-state index in [0.717, 1.165) is 5.56 Å². The van der Waals surface area contributed by atoms with Crippen LogP contribution in [0.5, 0.6) is 11.5 Å². The minimum Gasteiger partial charge on any atom is -0.493 e. The summed E-state index contributed by atoms with van der Waals surface area (Å²) in [5.74, 6) is -0.648. The molecule has 4 nitrogen and oxygen atoms in total. The number of methoxy groups -OCH3 is 2. The molecule has 5 heteroatoms. The molecule has 0 aliphatic heterocycles. The van der Waals surface area contributed by atoms with Crippen LogP contribution >= 0.6 is 11.6 Å². The Hall–Kier alpha value is -1.42. The van der Waals surface area contributed by atoms with Crippen molar-refractivity contribution >= 4 is 17.6 Å². The fourth-order valence-electron chi connectivity index (χ4n) is 1.89. The highest BCUT2D eigenvalue weighted by Gasteiger charge is 2.23. The number of rotatable bonds is 5. The Morgan fingerprint density at radius 2 is 2.06 bits per heavy atom. The molecule has 1 aromatic carbocycles. The molecule has 18 heavy (non-hydrogen) atoms. The van der Waals surface area contributed by atoms with Crippen LogP contribution in [0.15, 0.2) is 6.07 Å². The van der Waals surface area contributed by atoms with Gasteiger partial charge in [-0.05, 0) is 30.5 Å². The second-order valence-corrected chi connectivity index (χ2v) is 4.29. The number of carboxylic acids is 1. The maximum Gasteiger partial charge on any atom is 0.310 e. The van der Waals surface area contributed by atoms with Crippen molar-refractivity contribution in [1.29, 1.82) is 0 Å². The summed E-state index contributed by atoms with van der Waals surface area (Å²) in [7, 11) is 3.00. The van der Waals surface area contributed by atoms with Crippen LogP contribution in [-0.2, 0) is 11.2 Å². The molecule has 1 unspecified atom stereocenters. The van der Waals surface area contributed by atoms with Crippen molar-refractivity contribution in [3.63, 3.8) is 0 Å². The topological polar surface area (TPSA) is 55.8 Å². The van der Waals surface area contributed by atoms with Crippen molar-refractivity contribution in [2.45, 2.75) is 26.2 Å². The molecular formula is C13H17ClO4. The monoisotopic (exact) mass is 272 g/mol. The zero-order valence-electron chi connectivity index (χ0n) is 10.9. The lowest BCUT2D eigenvalue weighted by Gasteiger charge is -2.18. The second-order valence-electron chi connectivity index (χ2n) is 3.91. The lowest BCUT2D eigenvalue weighted by atomic mass is 9.93. The van der Waals surface area contributed by atoms with E-state index in [1.54, 1.807) is 13.0 Å². The Bertz CT molecular complexity index is 457. The minimum absolute atomic E-state index is 0.419. The average molecular weight is 273 g/mol. The Morgan fingerprint density at radius 3 is 2.44 bits per heavy atom. The van der Waals surface area contributed by atoms with E-state index >= 15 is 0 Å². The van der Waals surface area contributed by atoms with Crippen LogP contribution in [0.2, 0.25) is 5.02 Å². The van der Waals surface area contributed by atoms with E-state index in [-0.39, 0.29) is 0 Å². The van der Waals surface area contributed by atoms with E-state index in [1.165, 1.54) is 14.2 Å². The highest BCUT2D eigenvalue weighted by Crippen LogP contribution is 2.41. The smallest absolute Gasteiger partial charge is 0.310 e. The van der Waals surface area contributed by atoms with Gasteiger partial charge >= 0.3 is 5.97 Å². The van der Waals surface area contributed by atoms with Crippen LogP contribution < -0.4 is 9.47 Å². The number of ether oxygens (including phenoxy) is 2. The number of hydrogen-bond donors (Lipinski definition) is 1. The minimum atomic E-state index is -0.895. The fourth-order valence-corrected chi connectivity index (χ4v) is 2.30. The van der Waals surface area contributed by atoms with Crippen molar-refractivity contribution in [2.75, 3.05) is 14.2 Å². The summed E-state index contributed by atoms with van der Waals surface area (Å²) in [5, 5.41) is 9.54. The predicted molar refractivity (Wildman–Crippen MR) is 70.0 cm³/mol. The van der Waals surface area contributed by atoms with Gasteiger partial charge in [0.25, 0.3) is 0 Å². The van der Waals surface area contributed by atoms with E-state index in [4.69, 9.17) is 26.2 Å². The van der Waals surface area contributed by atoms with Gasteiger partial charge < -0.3 is 14.6 Å². The van der Waals surface area contributed by atoms with Crippen LogP contribution in [-0.4, -0.2) is 25.3 Å². The first-order valence-electron chi connectivity index (χ1n) is 5.63. The molecule has 0 aliphatic carbocycles. The molecule has 0 spiro atoms. The highest BCUT2D eigenvalue weighted by molar-refractivity contribution is 6.33. The van der Waals surface area contributed by atoms with Crippen molar-refractivity contribution in [2.24, 2.45) is 0 Å². The van der Waals surface area contributed by atoms with Crippen LogP contribution in [0, 0.1) is 0 Å². The molecule has 0 fully saturated rings. The Kier molecular flexibility index (Phi) is 4.84. The second kappa shape index (κ2) is 5.96. The highest BCUT2D eigenvalue weighted by atomic mass is 35.5. The molecule has 1 N–H and O–H groups in total. The molecule has 0 saturated carbocycles. The molecule has 0 saturated heterocycles. The number of carboxylic acid groups (broad SMARTS) is 1. The summed E-state index contributed by atoms with van der Waals surface area (Å²) in [5.41, 5.74) is 1.44. The van der Waals surface area contributed by atoms with Gasteiger partial charge in [0, 0.05) is 0 Å². The summed E-state index contributed by atoms with van der Waals surface area (Å²) < 4.78 is 10.4. The zero-order chi connectivity index (χ0) is 13.9. The third-order valence-corrected chi connectivity index (χ3v) is 3.34. The maximum atomic E-state index is 11.1. The summed E-state index contributed by atoms with van der Waals surface area (Å²) in [6.07, 6.45) is 0.631. The van der Waals surface area contributed by atoms with E-state index in [0.29, 0.717) is 28.5 Å². The first kappa shape index (κ1) is 14.6. The van der Waals surface area contributed by atoms with Gasteiger partial charge in [0.2, 0.25) is 0 Å². The Balaban J connectivity index is 3.51. The molecule has 100 valence electrons. The van der Waals surface area contributed by atoms with E-state index in [2.05, 4.69) is 0 Å². The zero-order valence-corrected chi connectivity index (χ0v) is 11.7. The summed E-state index contributed by atoms with van der Waals surface area (Å²) in [4.78, 5) is 11.1. The standard InChI is InChI=1S/C13H17ClO4/c1-5-8-9(7(2)13(15)16)6-10(17-3)12(18-4)11(8)14/h6-7H,5H2,1-4H3,(H,15,16). The van der Waals surface area contributed by atoms with Gasteiger partial charge in [0.05, 0.1) is 25.2 Å². The van der Waals surface area contributed by atoms with Gasteiger partial charge in [-0.3, -0.25) is 4.79 Å². The Morgan fingerprint density at radius 1 is 1.44 bits per heavy atom. The number of benzene rings is 1. The van der Waals surface area contributed by atoms with Crippen LogP contribution in [0.25, 0.3) is 0 Å². The van der Waals surface area contributed by atoms with Crippen molar-refractivity contribution in [3.8, 4) is 11.5 Å². The SMILES string of the molecule is CCc1c(C(C)C(=O)O)cc(OC)c(OC)c1Cl. The first-order valence-corrected chi connectivity index (χ1v) is 6.01. The average Bonchev–Trinajstić information content (AvgIpc) is 2.36. The van der Waals surface area contributed by atoms with Gasteiger partial charge in [0.15, 0.2) is 11.5 Å². The normalized spacial score (nSPS) is 12.1. The van der Waals surface area contributed by atoms with Gasteiger partial charge in [0.1, 0.15) is 0 Å². The van der Waals surface area contributed by atoms with Gasteiger partial charge in [-0.15, -0.1) is 0 Å². The molecule has 0 bridgehead atoms. The maximum absolute atomic E-state index is 11.1. The largest absolute Gasteiger partial charge is 0.493 e. The van der Waals surface area contributed by atoms with Gasteiger partial charge in [-0.25, -0.2) is 0 Å². The Labute approximate surface area is 111 Å². The molecule has 0 amide bonds. The number of carbonyl (C=O) groups is 1. The summed E-state index contributed by atoms with van der Waals surface area (Å²) in [6.45, 7) is 3.55. The molecule has 1 rings (SSSR count). The lowest BCUT2D eigenvalue weighted by Crippen LogP contribution is -2.11. The van der Waals surface area contributed by atoms with Crippen molar-refractivity contribution in [1.82, 2.24) is 0 Å². The molecule has 1 atom stereocenters. The number of hydrogen-bond acceptors (Lipinski definition) is 3. The third kappa shape index (κ3) is 2.53. The summed E-state index contributed by atoms with van der Waals surface area (Å²) in [6, 6.07) is 1.68. The lowest BCUT2D eigenvalue weighted by molar-refractivity contribution is -0.138.